The van der Waals surface area contributed by atoms with Crippen LogP contribution in [0.2, 0.25) is 0 Å². The van der Waals surface area contributed by atoms with Gasteiger partial charge < -0.3 is 9.52 Å². The number of furan rings is 1. The first-order valence-corrected chi connectivity index (χ1v) is 6.71. The van der Waals surface area contributed by atoms with E-state index in [1.165, 1.54) is 12.5 Å². The standard InChI is InChI=1S/C15H22O3/c1-10(2)7-15(17)8-11(3)6-13(15)14(16)12-4-5-18-9-12/h4-5,9-11,13,17H,6-8H2,1-3H3/t11-,13?,15-/m1/s1. The van der Waals surface area contributed by atoms with Gasteiger partial charge in [0, 0.05) is 0 Å². The Hall–Kier alpha value is -1.09. The summed E-state index contributed by atoms with van der Waals surface area (Å²) in [6.45, 7) is 6.27. The second-order valence-electron chi connectivity index (χ2n) is 6.18. The van der Waals surface area contributed by atoms with Gasteiger partial charge in [0.15, 0.2) is 5.78 Å². The van der Waals surface area contributed by atoms with Crippen LogP contribution in [0.3, 0.4) is 0 Å². The van der Waals surface area contributed by atoms with Crippen LogP contribution in [0.25, 0.3) is 0 Å². The molecule has 1 fully saturated rings. The highest BCUT2D eigenvalue weighted by atomic mass is 16.3. The molecular formula is C15H22O3. The Morgan fingerprint density at radius 3 is 2.89 bits per heavy atom. The minimum Gasteiger partial charge on any atom is -0.472 e. The van der Waals surface area contributed by atoms with Gasteiger partial charge in [-0.15, -0.1) is 0 Å². The minimum atomic E-state index is -0.845. The highest BCUT2D eigenvalue weighted by Gasteiger charge is 2.48. The average Bonchev–Trinajstić information content (AvgIpc) is 2.84. The molecule has 1 heterocycles. The second-order valence-corrected chi connectivity index (χ2v) is 6.18. The molecule has 0 spiro atoms. The summed E-state index contributed by atoms with van der Waals surface area (Å²) in [5.74, 6) is 0.526. The van der Waals surface area contributed by atoms with E-state index < -0.39 is 5.60 Å². The molecule has 3 nitrogen and oxygen atoms in total. The Bertz CT molecular complexity index is 407. The van der Waals surface area contributed by atoms with E-state index in [1.807, 2.05) is 0 Å². The molecule has 1 aromatic heterocycles. The summed E-state index contributed by atoms with van der Waals surface area (Å²) in [6.07, 6.45) is 5.16. The summed E-state index contributed by atoms with van der Waals surface area (Å²) in [4.78, 5) is 12.4. The Morgan fingerprint density at radius 2 is 2.33 bits per heavy atom. The number of hydrogen-bond donors (Lipinski definition) is 1. The number of carbonyl (C=O) groups excluding carboxylic acids is 1. The molecule has 0 radical (unpaired) electrons. The van der Waals surface area contributed by atoms with Crippen LogP contribution in [0.1, 0.15) is 50.4 Å². The van der Waals surface area contributed by atoms with Crippen LogP contribution < -0.4 is 0 Å². The fraction of sp³-hybridized carbons (Fsp3) is 0.667. The smallest absolute Gasteiger partial charge is 0.172 e. The lowest BCUT2D eigenvalue weighted by atomic mass is 9.80. The van der Waals surface area contributed by atoms with Gasteiger partial charge in [-0.1, -0.05) is 20.8 Å². The van der Waals surface area contributed by atoms with E-state index in [2.05, 4.69) is 20.8 Å². The number of hydrogen-bond acceptors (Lipinski definition) is 3. The van der Waals surface area contributed by atoms with Crippen molar-refractivity contribution in [3.05, 3.63) is 24.2 Å². The molecule has 100 valence electrons. The van der Waals surface area contributed by atoms with E-state index in [1.54, 1.807) is 6.07 Å². The maximum Gasteiger partial charge on any atom is 0.172 e. The summed E-state index contributed by atoms with van der Waals surface area (Å²) in [5, 5.41) is 10.8. The number of rotatable bonds is 4. The third-order valence-corrected chi connectivity index (χ3v) is 3.87. The SMILES string of the molecule is CC(C)C[C@@]1(O)C[C@H](C)CC1C(=O)c1ccoc1. The van der Waals surface area contributed by atoms with Crippen molar-refractivity contribution in [2.24, 2.45) is 17.8 Å². The lowest BCUT2D eigenvalue weighted by Gasteiger charge is -2.30. The van der Waals surface area contributed by atoms with E-state index in [-0.39, 0.29) is 11.7 Å². The largest absolute Gasteiger partial charge is 0.472 e. The van der Waals surface area contributed by atoms with E-state index in [0.717, 1.165) is 12.8 Å². The quantitative estimate of drug-likeness (QED) is 0.834. The predicted molar refractivity (Wildman–Crippen MR) is 69.3 cm³/mol. The molecule has 0 saturated heterocycles. The molecule has 1 unspecified atom stereocenters. The Labute approximate surface area is 108 Å². The second kappa shape index (κ2) is 4.88. The summed E-state index contributed by atoms with van der Waals surface area (Å²) in [5.41, 5.74) is -0.265. The van der Waals surface area contributed by atoms with Crippen LogP contribution in [-0.4, -0.2) is 16.5 Å². The van der Waals surface area contributed by atoms with Gasteiger partial charge in [-0.3, -0.25) is 4.79 Å². The first-order chi connectivity index (χ1) is 8.42. The van der Waals surface area contributed by atoms with Crippen LogP contribution >= 0.6 is 0 Å². The van der Waals surface area contributed by atoms with Gasteiger partial charge in [-0.25, -0.2) is 0 Å². The summed E-state index contributed by atoms with van der Waals surface area (Å²) < 4.78 is 4.97. The summed E-state index contributed by atoms with van der Waals surface area (Å²) in [7, 11) is 0. The molecule has 1 aliphatic rings. The van der Waals surface area contributed by atoms with Crippen molar-refractivity contribution in [3.8, 4) is 0 Å². The zero-order chi connectivity index (χ0) is 13.3. The molecule has 0 aromatic carbocycles. The zero-order valence-electron chi connectivity index (χ0n) is 11.3. The molecule has 3 atom stereocenters. The summed E-state index contributed by atoms with van der Waals surface area (Å²) >= 11 is 0. The van der Waals surface area contributed by atoms with Crippen LogP contribution in [-0.2, 0) is 0 Å². The van der Waals surface area contributed by atoms with Gasteiger partial charge in [0.2, 0.25) is 0 Å². The number of ketones is 1. The van der Waals surface area contributed by atoms with E-state index >= 15 is 0 Å². The maximum atomic E-state index is 12.4. The van der Waals surface area contributed by atoms with Crippen LogP contribution in [0.5, 0.6) is 0 Å². The summed E-state index contributed by atoms with van der Waals surface area (Å²) in [6, 6.07) is 1.68. The third kappa shape index (κ3) is 2.51. The van der Waals surface area contributed by atoms with Crippen molar-refractivity contribution in [1.29, 1.82) is 0 Å². The Morgan fingerprint density at radius 1 is 1.61 bits per heavy atom. The Kier molecular flexibility index (Phi) is 3.62. The molecule has 1 aromatic rings. The van der Waals surface area contributed by atoms with Crippen LogP contribution in [0, 0.1) is 17.8 Å². The monoisotopic (exact) mass is 250 g/mol. The van der Waals surface area contributed by atoms with Crippen molar-refractivity contribution in [1.82, 2.24) is 0 Å². The third-order valence-electron chi connectivity index (χ3n) is 3.87. The topological polar surface area (TPSA) is 50.4 Å². The molecule has 1 saturated carbocycles. The van der Waals surface area contributed by atoms with Crippen molar-refractivity contribution in [2.75, 3.05) is 0 Å². The first-order valence-electron chi connectivity index (χ1n) is 6.71. The van der Waals surface area contributed by atoms with Gasteiger partial charge in [0.25, 0.3) is 0 Å². The highest BCUT2D eigenvalue weighted by molar-refractivity contribution is 5.98. The predicted octanol–water partition coefficient (Wildman–Crippen LogP) is 3.29. The van der Waals surface area contributed by atoms with E-state index in [4.69, 9.17) is 4.42 Å². The number of aliphatic hydroxyl groups is 1. The number of Topliss-reactive ketones (excluding diaryl/α,β-unsaturated/α-hetero) is 1. The molecule has 3 heteroatoms. The fourth-order valence-electron chi connectivity index (χ4n) is 3.34. The van der Waals surface area contributed by atoms with Crippen LogP contribution in [0.4, 0.5) is 0 Å². The molecule has 2 rings (SSSR count). The minimum absolute atomic E-state index is 0.0243. The fourth-order valence-corrected chi connectivity index (χ4v) is 3.34. The molecule has 1 N–H and O–H groups in total. The van der Waals surface area contributed by atoms with Gasteiger partial charge in [-0.2, -0.15) is 0 Å². The molecule has 0 amide bonds. The molecule has 18 heavy (non-hydrogen) atoms. The van der Waals surface area contributed by atoms with Crippen molar-refractivity contribution in [3.63, 3.8) is 0 Å². The van der Waals surface area contributed by atoms with Crippen molar-refractivity contribution >= 4 is 5.78 Å². The lowest BCUT2D eigenvalue weighted by Crippen LogP contribution is -2.39. The van der Waals surface area contributed by atoms with Crippen LogP contribution in [0.15, 0.2) is 23.0 Å². The van der Waals surface area contributed by atoms with E-state index in [9.17, 15) is 9.90 Å². The van der Waals surface area contributed by atoms with Gasteiger partial charge in [0.1, 0.15) is 6.26 Å². The highest BCUT2D eigenvalue weighted by Crippen LogP contribution is 2.44. The number of carbonyl (C=O) groups is 1. The van der Waals surface area contributed by atoms with Gasteiger partial charge >= 0.3 is 0 Å². The van der Waals surface area contributed by atoms with Gasteiger partial charge in [-0.05, 0) is 37.2 Å². The zero-order valence-corrected chi connectivity index (χ0v) is 11.3. The Balaban J connectivity index is 2.22. The molecule has 1 aliphatic carbocycles. The van der Waals surface area contributed by atoms with Crippen molar-refractivity contribution < 1.29 is 14.3 Å². The molecule has 0 bridgehead atoms. The average molecular weight is 250 g/mol. The van der Waals surface area contributed by atoms with E-state index in [0.29, 0.717) is 23.8 Å². The van der Waals surface area contributed by atoms with Gasteiger partial charge in [0.05, 0.1) is 23.3 Å². The maximum absolute atomic E-state index is 12.4. The molecule has 0 aliphatic heterocycles. The van der Waals surface area contributed by atoms with Crippen molar-refractivity contribution in [2.45, 2.75) is 45.6 Å². The first kappa shape index (κ1) is 13.3. The lowest BCUT2D eigenvalue weighted by molar-refractivity contribution is -0.0104. The molecular weight excluding hydrogens is 228 g/mol. The normalized spacial score (nSPS) is 32.1.